The summed E-state index contributed by atoms with van der Waals surface area (Å²) in [5.74, 6) is -1.03. The Bertz CT molecular complexity index is 586. The minimum absolute atomic E-state index is 0.0214. The molecular weight excluding hydrogens is 371 g/mol. The number of hydrogen-bond donors (Lipinski definition) is 1. The molecule has 1 N–H and O–H groups in total. The van der Waals surface area contributed by atoms with Crippen molar-refractivity contribution in [3.05, 3.63) is 68.8 Å². The molecule has 0 bridgehead atoms. The van der Waals surface area contributed by atoms with Crippen LogP contribution in [0.25, 0.3) is 0 Å². The molecule has 0 amide bonds. The van der Waals surface area contributed by atoms with Crippen molar-refractivity contribution in [1.29, 1.82) is 0 Å². The molecule has 106 valence electrons. The summed E-state index contributed by atoms with van der Waals surface area (Å²) in [6.07, 6.45) is 0.500. The predicted molar refractivity (Wildman–Crippen MR) is 85.6 cm³/mol. The van der Waals surface area contributed by atoms with E-state index in [-0.39, 0.29) is 6.04 Å². The molecule has 2 aromatic rings. The lowest BCUT2D eigenvalue weighted by Crippen LogP contribution is -2.24. The Balaban J connectivity index is 2.28. The van der Waals surface area contributed by atoms with E-state index >= 15 is 0 Å². The van der Waals surface area contributed by atoms with E-state index in [0.29, 0.717) is 12.0 Å². The Morgan fingerprint density at radius 3 is 2.55 bits per heavy atom. The van der Waals surface area contributed by atoms with Crippen LogP contribution < -0.4 is 5.32 Å². The molecule has 1 unspecified atom stereocenters. The van der Waals surface area contributed by atoms with Gasteiger partial charge in [-0.05, 0) is 58.8 Å². The lowest BCUT2D eigenvalue weighted by atomic mass is 9.98. The van der Waals surface area contributed by atoms with Crippen molar-refractivity contribution in [3.63, 3.8) is 0 Å². The maximum Gasteiger partial charge on any atom is 0.129 e. The van der Waals surface area contributed by atoms with Gasteiger partial charge in [-0.25, -0.2) is 8.78 Å². The van der Waals surface area contributed by atoms with Gasteiger partial charge < -0.3 is 5.32 Å². The van der Waals surface area contributed by atoms with Crippen LogP contribution in [0, 0.1) is 15.2 Å². The summed E-state index contributed by atoms with van der Waals surface area (Å²) >= 11 is 2.28. The van der Waals surface area contributed by atoms with Gasteiger partial charge in [-0.1, -0.05) is 31.2 Å². The number of rotatable bonds is 5. The molecule has 0 aliphatic rings. The summed E-state index contributed by atoms with van der Waals surface area (Å²) < 4.78 is 27.9. The van der Waals surface area contributed by atoms with Gasteiger partial charge in [0.05, 0.1) is 0 Å². The number of likely N-dealkylation sites (N-methyl/N-ethyl adjacent to an activating group) is 1. The van der Waals surface area contributed by atoms with Crippen LogP contribution in [0.1, 0.15) is 24.1 Å². The molecule has 0 aliphatic heterocycles. The van der Waals surface area contributed by atoms with Crippen LogP contribution in [-0.4, -0.2) is 6.54 Å². The van der Waals surface area contributed by atoms with E-state index in [1.165, 1.54) is 12.1 Å². The standard InChI is InChI=1S/C16H16F2IN/c1-2-20-16(13-5-3-4-6-15(13)19)9-11-7-8-12(17)10-14(11)18/h3-8,10,16,20H,2,9H2,1H3. The summed E-state index contributed by atoms with van der Waals surface area (Å²) in [5.41, 5.74) is 1.66. The molecular formula is C16H16F2IN. The molecule has 0 saturated heterocycles. The van der Waals surface area contributed by atoms with Crippen molar-refractivity contribution < 1.29 is 8.78 Å². The van der Waals surface area contributed by atoms with Crippen LogP contribution in [0.4, 0.5) is 8.78 Å². The third-order valence-corrected chi connectivity index (χ3v) is 4.15. The second kappa shape index (κ2) is 7.13. The molecule has 2 aromatic carbocycles. The van der Waals surface area contributed by atoms with E-state index in [2.05, 4.69) is 27.9 Å². The second-order valence-electron chi connectivity index (χ2n) is 4.57. The van der Waals surface area contributed by atoms with Crippen LogP contribution in [0.2, 0.25) is 0 Å². The maximum absolute atomic E-state index is 13.8. The fraction of sp³-hybridized carbons (Fsp3) is 0.250. The highest BCUT2D eigenvalue weighted by Gasteiger charge is 2.16. The monoisotopic (exact) mass is 387 g/mol. The molecule has 4 heteroatoms. The number of benzene rings is 2. The summed E-state index contributed by atoms with van der Waals surface area (Å²) in [5, 5.41) is 3.36. The van der Waals surface area contributed by atoms with Gasteiger partial charge in [0, 0.05) is 15.7 Å². The van der Waals surface area contributed by atoms with E-state index < -0.39 is 11.6 Å². The van der Waals surface area contributed by atoms with Gasteiger partial charge in [0.1, 0.15) is 11.6 Å². The van der Waals surface area contributed by atoms with Crippen molar-refractivity contribution in [2.45, 2.75) is 19.4 Å². The maximum atomic E-state index is 13.8. The molecule has 2 rings (SSSR count). The van der Waals surface area contributed by atoms with E-state index in [1.807, 2.05) is 31.2 Å². The number of hydrogen-bond acceptors (Lipinski definition) is 1. The SMILES string of the molecule is CCNC(Cc1ccc(F)cc1F)c1ccccc1I. The number of halogens is 3. The van der Waals surface area contributed by atoms with Crippen molar-refractivity contribution in [3.8, 4) is 0 Å². The average Bonchev–Trinajstić information content (AvgIpc) is 2.42. The lowest BCUT2D eigenvalue weighted by Gasteiger charge is -2.20. The van der Waals surface area contributed by atoms with Crippen molar-refractivity contribution in [2.75, 3.05) is 6.54 Å². The smallest absolute Gasteiger partial charge is 0.129 e. The third kappa shape index (κ3) is 3.76. The van der Waals surface area contributed by atoms with Crippen molar-refractivity contribution >= 4 is 22.6 Å². The molecule has 0 heterocycles. The van der Waals surface area contributed by atoms with Gasteiger partial charge in [0.25, 0.3) is 0 Å². The fourth-order valence-corrected chi connectivity index (χ4v) is 2.97. The van der Waals surface area contributed by atoms with Crippen LogP contribution in [0.5, 0.6) is 0 Å². The van der Waals surface area contributed by atoms with Crippen LogP contribution >= 0.6 is 22.6 Å². The van der Waals surface area contributed by atoms with Gasteiger partial charge in [0.15, 0.2) is 0 Å². The average molecular weight is 387 g/mol. The summed E-state index contributed by atoms with van der Waals surface area (Å²) in [4.78, 5) is 0. The molecule has 0 saturated carbocycles. The Labute approximate surface area is 131 Å². The summed E-state index contributed by atoms with van der Waals surface area (Å²) in [6, 6.07) is 11.8. The Morgan fingerprint density at radius 1 is 1.15 bits per heavy atom. The molecule has 0 fully saturated rings. The fourth-order valence-electron chi connectivity index (χ4n) is 2.20. The second-order valence-corrected chi connectivity index (χ2v) is 5.73. The topological polar surface area (TPSA) is 12.0 Å². The van der Waals surface area contributed by atoms with E-state index in [9.17, 15) is 8.78 Å². The van der Waals surface area contributed by atoms with E-state index in [4.69, 9.17) is 0 Å². The Kier molecular flexibility index (Phi) is 5.48. The predicted octanol–water partition coefficient (Wildman–Crippen LogP) is 4.46. The van der Waals surface area contributed by atoms with Crippen molar-refractivity contribution in [2.24, 2.45) is 0 Å². The minimum Gasteiger partial charge on any atom is -0.310 e. The zero-order valence-electron chi connectivity index (χ0n) is 11.2. The van der Waals surface area contributed by atoms with E-state index in [1.54, 1.807) is 0 Å². The van der Waals surface area contributed by atoms with Crippen LogP contribution in [-0.2, 0) is 6.42 Å². The summed E-state index contributed by atoms with van der Waals surface area (Å²) in [7, 11) is 0. The molecule has 1 atom stereocenters. The highest BCUT2D eigenvalue weighted by Crippen LogP contribution is 2.24. The quantitative estimate of drug-likeness (QED) is 0.747. The van der Waals surface area contributed by atoms with Gasteiger partial charge >= 0.3 is 0 Å². The first-order valence-corrected chi connectivity index (χ1v) is 7.61. The Hall–Kier alpha value is -1.01. The lowest BCUT2D eigenvalue weighted by molar-refractivity contribution is 0.519. The molecule has 0 aromatic heterocycles. The first kappa shape index (κ1) is 15.4. The first-order valence-electron chi connectivity index (χ1n) is 6.53. The summed E-state index contributed by atoms with van der Waals surface area (Å²) in [6.45, 7) is 2.81. The highest BCUT2D eigenvalue weighted by atomic mass is 127. The largest absolute Gasteiger partial charge is 0.310 e. The van der Waals surface area contributed by atoms with E-state index in [0.717, 1.165) is 21.7 Å². The van der Waals surface area contributed by atoms with Gasteiger partial charge in [0.2, 0.25) is 0 Å². The first-order chi connectivity index (χ1) is 9.61. The van der Waals surface area contributed by atoms with Crippen molar-refractivity contribution in [1.82, 2.24) is 5.32 Å². The minimum atomic E-state index is -0.541. The molecule has 0 radical (unpaired) electrons. The van der Waals surface area contributed by atoms with Gasteiger partial charge in [-0.3, -0.25) is 0 Å². The molecule has 20 heavy (non-hydrogen) atoms. The molecule has 0 aliphatic carbocycles. The number of nitrogens with one attached hydrogen (secondary N) is 1. The molecule has 0 spiro atoms. The highest BCUT2D eigenvalue weighted by molar-refractivity contribution is 14.1. The zero-order chi connectivity index (χ0) is 14.5. The van der Waals surface area contributed by atoms with Crippen LogP contribution in [0.15, 0.2) is 42.5 Å². The zero-order valence-corrected chi connectivity index (χ0v) is 13.3. The van der Waals surface area contributed by atoms with Gasteiger partial charge in [-0.2, -0.15) is 0 Å². The molecule has 1 nitrogen and oxygen atoms in total. The van der Waals surface area contributed by atoms with Crippen LogP contribution in [0.3, 0.4) is 0 Å². The third-order valence-electron chi connectivity index (χ3n) is 3.17. The Morgan fingerprint density at radius 2 is 1.90 bits per heavy atom. The normalized spacial score (nSPS) is 12.4. The van der Waals surface area contributed by atoms with Gasteiger partial charge in [-0.15, -0.1) is 0 Å².